The van der Waals surface area contributed by atoms with Crippen LogP contribution in [-0.4, -0.2) is 32.0 Å². The minimum atomic E-state index is -0.346. The van der Waals surface area contributed by atoms with Crippen molar-refractivity contribution in [3.63, 3.8) is 0 Å². The topological polar surface area (TPSA) is 62.2 Å². The molecule has 2 aromatic heterocycles. The fraction of sp³-hybridized carbons (Fsp3) is 0.179. The third kappa shape index (κ3) is 4.99. The second kappa shape index (κ2) is 10.3. The van der Waals surface area contributed by atoms with Gasteiger partial charge in [0.25, 0.3) is 0 Å². The van der Waals surface area contributed by atoms with Gasteiger partial charge in [-0.15, -0.1) is 0 Å². The van der Waals surface area contributed by atoms with Crippen LogP contribution in [0.5, 0.6) is 0 Å². The van der Waals surface area contributed by atoms with Crippen LogP contribution in [0.1, 0.15) is 35.5 Å². The van der Waals surface area contributed by atoms with E-state index in [1.165, 1.54) is 17.7 Å². The summed E-state index contributed by atoms with van der Waals surface area (Å²) in [6, 6.07) is 23.7. The van der Waals surface area contributed by atoms with E-state index in [-0.39, 0.29) is 30.2 Å². The number of rotatable bonds is 7. The number of hydrogen-bond donors (Lipinski definition) is 2. The lowest BCUT2D eigenvalue weighted by atomic mass is 10.0. The minimum Gasteiger partial charge on any atom is -0.352 e. The molecule has 1 amide bonds. The first-order chi connectivity index (χ1) is 17.5. The van der Waals surface area contributed by atoms with Crippen molar-refractivity contribution in [2.45, 2.75) is 25.4 Å². The third-order valence-electron chi connectivity index (χ3n) is 6.30. The number of thiocarbonyl (C=S) groups is 1. The molecule has 1 saturated heterocycles. The van der Waals surface area contributed by atoms with Gasteiger partial charge in [0.15, 0.2) is 5.11 Å². The van der Waals surface area contributed by atoms with Crippen LogP contribution in [0.3, 0.4) is 0 Å². The van der Waals surface area contributed by atoms with Crippen LogP contribution in [0, 0.1) is 12.7 Å². The van der Waals surface area contributed by atoms with Crippen molar-refractivity contribution < 1.29 is 9.18 Å². The van der Waals surface area contributed by atoms with E-state index in [1.54, 1.807) is 18.3 Å². The van der Waals surface area contributed by atoms with Gasteiger partial charge in [0.2, 0.25) is 5.91 Å². The summed E-state index contributed by atoms with van der Waals surface area (Å²) in [5, 5.41) is 6.83. The number of halogens is 1. The number of aromatic nitrogens is 2. The largest absolute Gasteiger partial charge is 0.352 e. The van der Waals surface area contributed by atoms with E-state index in [2.05, 4.69) is 62.3 Å². The Bertz CT molecular complexity index is 1350. The first kappa shape index (κ1) is 23.7. The summed E-state index contributed by atoms with van der Waals surface area (Å²) in [6.45, 7) is 2.47. The van der Waals surface area contributed by atoms with E-state index in [4.69, 9.17) is 12.2 Å². The Kier molecular flexibility index (Phi) is 6.77. The summed E-state index contributed by atoms with van der Waals surface area (Å²) < 4.78 is 15.4. The molecule has 0 spiro atoms. The van der Waals surface area contributed by atoms with E-state index in [0.29, 0.717) is 17.3 Å². The number of carbonyl (C=O) groups is 1. The molecule has 0 saturated carbocycles. The van der Waals surface area contributed by atoms with Crippen LogP contribution < -0.4 is 10.6 Å². The number of benzene rings is 2. The van der Waals surface area contributed by atoms with Crippen molar-refractivity contribution in [1.29, 1.82) is 0 Å². The van der Waals surface area contributed by atoms with E-state index in [1.807, 2.05) is 30.5 Å². The molecule has 2 N–H and O–H groups in total. The van der Waals surface area contributed by atoms with E-state index >= 15 is 0 Å². The van der Waals surface area contributed by atoms with Gasteiger partial charge in [0.05, 0.1) is 17.8 Å². The maximum Gasteiger partial charge on any atom is 0.226 e. The van der Waals surface area contributed by atoms with Gasteiger partial charge >= 0.3 is 0 Å². The van der Waals surface area contributed by atoms with E-state index in [0.717, 1.165) is 17.1 Å². The molecule has 2 atom stereocenters. The summed E-state index contributed by atoms with van der Waals surface area (Å²) >= 11 is 5.75. The molecule has 1 aliphatic rings. The molecule has 1 aliphatic heterocycles. The second-order valence-corrected chi connectivity index (χ2v) is 9.15. The van der Waals surface area contributed by atoms with Gasteiger partial charge in [0.1, 0.15) is 5.82 Å². The number of carbonyl (C=O) groups excluding carboxylic acids is 1. The molecule has 6 nitrogen and oxygen atoms in total. The van der Waals surface area contributed by atoms with Gasteiger partial charge in [-0.1, -0.05) is 23.8 Å². The molecule has 3 heterocycles. The van der Waals surface area contributed by atoms with Crippen LogP contribution in [0.2, 0.25) is 0 Å². The Labute approximate surface area is 214 Å². The lowest BCUT2D eigenvalue weighted by Crippen LogP contribution is -2.33. The molecule has 1 fully saturated rings. The summed E-state index contributed by atoms with van der Waals surface area (Å²) in [6.07, 6.45) is 4.03. The molecule has 8 heteroatoms. The average Bonchev–Trinajstić information content (AvgIpc) is 3.49. The van der Waals surface area contributed by atoms with Crippen LogP contribution in [0.15, 0.2) is 91.3 Å². The Morgan fingerprint density at radius 2 is 1.83 bits per heavy atom. The summed E-state index contributed by atoms with van der Waals surface area (Å²) in [5.74, 6) is -0.514. The van der Waals surface area contributed by atoms with Gasteiger partial charge < -0.3 is 20.1 Å². The number of nitrogens with one attached hydrogen (secondary N) is 2. The normalized spacial score (nSPS) is 17.2. The zero-order valence-corrected chi connectivity index (χ0v) is 20.6. The van der Waals surface area contributed by atoms with Crippen LogP contribution in [-0.2, 0) is 4.79 Å². The highest BCUT2D eigenvalue weighted by Gasteiger charge is 2.41. The van der Waals surface area contributed by atoms with Crippen LogP contribution >= 0.6 is 12.2 Å². The Morgan fingerprint density at radius 3 is 2.56 bits per heavy atom. The molecule has 36 heavy (non-hydrogen) atoms. The number of pyridine rings is 1. The Balaban J connectivity index is 1.43. The molecule has 0 unspecified atom stereocenters. The quantitative estimate of drug-likeness (QED) is 0.337. The van der Waals surface area contributed by atoms with E-state index < -0.39 is 0 Å². The highest BCUT2D eigenvalue weighted by atomic mass is 32.1. The summed E-state index contributed by atoms with van der Waals surface area (Å²) in [4.78, 5) is 19.4. The molecule has 4 aromatic rings. The highest BCUT2D eigenvalue weighted by molar-refractivity contribution is 7.80. The smallest absolute Gasteiger partial charge is 0.226 e. The Hall–Kier alpha value is -4.04. The van der Waals surface area contributed by atoms with Gasteiger partial charge in [-0.3, -0.25) is 9.78 Å². The highest BCUT2D eigenvalue weighted by Crippen LogP contribution is 2.39. The zero-order valence-electron chi connectivity index (χ0n) is 19.8. The monoisotopic (exact) mass is 499 g/mol. The first-order valence-corrected chi connectivity index (χ1v) is 12.2. The molecule has 0 aliphatic carbocycles. The number of hydrogen-bond acceptors (Lipinski definition) is 3. The fourth-order valence-corrected chi connectivity index (χ4v) is 4.85. The summed E-state index contributed by atoms with van der Waals surface area (Å²) in [7, 11) is 0. The van der Waals surface area contributed by atoms with Crippen molar-refractivity contribution in [3.05, 3.63) is 114 Å². The van der Waals surface area contributed by atoms with Gasteiger partial charge in [-0.25, -0.2) is 4.39 Å². The van der Waals surface area contributed by atoms with Crippen molar-refractivity contribution >= 4 is 28.9 Å². The second-order valence-electron chi connectivity index (χ2n) is 8.76. The maximum absolute atomic E-state index is 13.2. The molecular weight excluding hydrogens is 473 g/mol. The van der Waals surface area contributed by atoms with Gasteiger partial charge in [-0.05, 0) is 79.8 Å². The number of amides is 1. The number of anilines is 1. The van der Waals surface area contributed by atoms with E-state index in [9.17, 15) is 9.18 Å². The zero-order chi connectivity index (χ0) is 25.1. The molecular formula is C28H26FN5OS. The standard InChI is InChI=1S/C28H26FN5OS/c1-19-7-13-22(14-8-19)33-17-4-6-24(33)27-26(23-5-2-3-16-30-23)32-28(36)34(27)18-15-25(35)31-21-11-9-20(29)10-12-21/h2-14,16-17,26-27H,15,18H2,1H3,(H,31,35)(H,32,36)/t26-,27+/m1/s1. The molecule has 0 bridgehead atoms. The molecule has 5 rings (SSSR count). The first-order valence-electron chi connectivity index (χ1n) is 11.8. The number of aryl methyl sites for hydroxylation is 1. The lowest BCUT2D eigenvalue weighted by Gasteiger charge is -2.29. The van der Waals surface area contributed by atoms with Crippen LogP contribution in [0.4, 0.5) is 10.1 Å². The third-order valence-corrected chi connectivity index (χ3v) is 6.65. The van der Waals surface area contributed by atoms with Crippen molar-refractivity contribution in [1.82, 2.24) is 19.8 Å². The van der Waals surface area contributed by atoms with Crippen molar-refractivity contribution in [2.75, 3.05) is 11.9 Å². The predicted octanol–water partition coefficient (Wildman–Crippen LogP) is 5.32. The fourth-order valence-electron chi connectivity index (χ4n) is 4.52. The van der Waals surface area contributed by atoms with Gasteiger partial charge in [-0.2, -0.15) is 0 Å². The molecule has 0 radical (unpaired) electrons. The van der Waals surface area contributed by atoms with Crippen molar-refractivity contribution in [2.24, 2.45) is 0 Å². The summed E-state index contributed by atoms with van der Waals surface area (Å²) in [5.41, 5.74) is 4.71. The number of nitrogens with zero attached hydrogens (tertiary/aromatic N) is 3. The Morgan fingerprint density at radius 1 is 1.06 bits per heavy atom. The average molecular weight is 500 g/mol. The van der Waals surface area contributed by atoms with Crippen LogP contribution in [0.25, 0.3) is 5.69 Å². The lowest BCUT2D eigenvalue weighted by molar-refractivity contribution is -0.116. The predicted molar refractivity (Wildman–Crippen MR) is 142 cm³/mol. The van der Waals surface area contributed by atoms with Gasteiger partial charge in [0, 0.05) is 42.4 Å². The maximum atomic E-state index is 13.2. The SMILES string of the molecule is Cc1ccc(-n2cccc2[C@H]2[C@@H](c3ccccn3)NC(=S)N2CCC(=O)Nc2ccc(F)cc2)cc1. The molecule has 2 aromatic carbocycles. The van der Waals surface area contributed by atoms with Crippen molar-refractivity contribution in [3.8, 4) is 5.69 Å². The minimum absolute atomic E-state index is 0.168. The molecule has 182 valence electrons.